The quantitative estimate of drug-likeness (QED) is 0.484. The van der Waals surface area contributed by atoms with Gasteiger partial charge in [-0.1, -0.05) is 97.6 Å². The molecule has 0 heterocycles. The first-order chi connectivity index (χ1) is 11.3. The van der Waals surface area contributed by atoms with Gasteiger partial charge in [-0.15, -0.1) is 0 Å². The van der Waals surface area contributed by atoms with Gasteiger partial charge in [0.1, 0.15) is 0 Å². The van der Waals surface area contributed by atoms with Crippen molar-refractivity contribution in [2.45, 2.75) is 6.92 Å². The topological polar surface area (TPSA) is 0 Å². The van der Waals surface area contributed by atoms with Crippen molar-refractivity contribution < 1.29 is 0 Å². The summed E-state index contributed by atoms with van der Waals surface area (Å²) >= 11 is 0. The Balaban J connectivity index is 1.79. The van der Waals surface area contributed by atoms with E-state index in [2.05, 4.69) is 98.5 Å². The smallest absolute Gasteiger partial charge is 0.0184 e. The maximum Gasteiger partial charge on any atom is -0.0184 e. The van der Waals surface area contributed by atoms with Crippen LogP contribution in [0.1, 0.15) is 22.3 Å². The zero-order valence-electron chi connectivity index (χ0n) is 13.4. The van der Waals surface area contributed by atoms with Gasteiger partial charge in [0.15, 0.2) is 0 Å². The summed E-state index contributed by atoms with van der Waals surface area (Å²) in [6.45, 7) is 5.92. The van der Waals surface area contributed by atoms with Crippen LogP contribution in [-0.4, -0.2) is 0 Å². The average molecular weight is 296 g/mol. The minimum absolute atomic E-state index is 1.14. The van der Waals surface area contributed by atoms with Crippen molar-refractivity contribution >= 4 is 18.2 Å². The Labute approximate surface area is 138 Å². The van der Waals surface area contributed by atoms with E-state index in [1.54, 1.807) is 0 Å². The number of aryl methyl sites for hydroxylation is 1. The standard InChI is InChI=1S/C23H20/c1-3-19-8-14-22(15-9-19)23-16-11-20(12-17-23)10-13-21-7-5-4-6-18(21)2/h3-17H,1H2,2H3/b13-10+. The summed E-state index contributed by atoms with van der Waals surface area (Å²) in [7, 11) is 0. The first kappa shape index (κ1) is 15.1. The molecule has 0 aliphatic carbocycles. The molecule has 3 aromatic carbocycles. The number of rotatable bonds is 4. The van der Waals surface area contributed by atoms with E-state index in [9.17, 15) is 0 Å². The first-order valence-corrected chi connectivity index (χ1v) is 7.83. The van der Waals surface area contributed by atoms with Gasteiger partial charge in [-0.2, -0.15) is 0 Å². The molecule has 112 valence electrons. The number of benzene rings is 3. The van der Waals surface area contributed by atoms with E-state index in [0.29, 0.717) is 0 Å². The zero-order valence-corrected chi connectivity index (χ0v) is 13.4. The predicted molar refractivity (Wildman–Crippen MR) is 102 cm³/mol. The molecular formula is C23H20. The Hall–Kier alpha value is -2.86. The Bertz CT molecular complexity index is 819. The highest BCUT2D eigenvalue weighted by atomic mass is 14.0. The summed E-state index contributed by atoms with van der Waals surface area (Å²) in [5, 5.41) is 0. The first-order valence-electron chi connectivity index (χ1n) is 7.83. The Kier molecular flexibility index (Phi) is 4.54. The third kappa shape index (κ3) is 3.67. The molecule has 0 aliphatic rings. The number of hydrogen-bond donors (Lipinski definition) is 0. The molecule has 0 aromatic heterocycles. The van der Waals surface area contributed by atoms with Crippen LogP contribution < -0.4 is 0 Å². The fraction of sp³-hybridized carbons (Fsp3) is 0.0435. The molecule has 0 amide bonds. The van der Waals surface area contributed by atoms with E-state index in [0.717, 1.165) is 5.56 Å². The molecule has 0 fully saturated rings. The van der Waals surface area contributed by atoms with Crippen LogP contribution in [0, 0.1) is 6.92 Å². The molecule has 0 saturated carbocycles. The maximum atomic E-state index is 3.79. The lowest BCUT2D eigenvalue weighted by Gasteiger charge is -2.03. The summed E-state index contributed by atoms with van der Waals surface area (Å²) in [4.78, 5) is 0. The van der Waals surface area contributed by atoms with Crippen LogP contribution in [0.2, 0.25) is 0 Å². The summed E-state index contributed by atoms with van der Waals surface area (Å²) in [6, 6.07) is 25.5. The van der Waals surface area contributed by atoms with Crippen molar-refractivity contribution in [2.75, 3.05) is 0 Å². The Morgan fingerprint density at radius 3 is 1.78 bits per heavy atom. The van der Waals surface area contributed by atoms with Gasteiger partial charge in [0, 0.05) is 0 Å². The molecule has 0 heteroatoms. The van der Waals surface area contributed by atoms with E-state index < -0.39 is 0 Å². The summed E-state index contributed by atoms with van der Waals surface area (Å²) in [6.07, 6.45) is 6.19. The molecule has 23 heavy (non-hydrogen) atoms. The van der Waals surface area contributed by atoms with Crippen LogP contribution in [0.25, 0.3) is 29.4 Å². The second kappa shape index (κ2) is 6.93. The van der Waals surface area contributed by atoms with Gasteiger partial charge in [-0.25, -0.2) is 0 Å². The SMILES string of the molecule is C=Cc1ccc(-c2ccc(/C=C/c3ccccc3C)cc2)cc1. The summed E-state index contributed by atoms with van der Waals surface area (Å²) in [5.74, 6) is 0. The number of hydrogen-bond acceptors (Lipinski definition) is 0. The third-order valence-corrected chi connectivity index (χ3v) is 4.03. The van der Waals surface area contributed by atoms with Crippen molar-refractivity contribution in [3.05, 3.63) is 102 Å². The lowest BCUT2D eigenvalue weighted by Crippen LogP contribution is -1.80. The second-order valence-electron chi connectivity index (χ2n) is 5.64. The van der Waals surface area contributed by atoms with Gasteiger partial charge >= 0.3 is 0 Å². The van der Waals surface area contributed by atoms with Crippen molar-refractivity contribution in [3.8, 4) is 11.1 Å². The van der Waals surface area contributed by atoms with Crippen LogP contribution in [-0.2, 0) is 0 Å². The fourth-order valence-corrected chi connectivity index (χ4v) is 2.56. The van der Waals surface area contributed by atoms with Gasteiger partial charge in [0.05, 0.1) is 0 Å². The van der Waals surface area contributed by atoms with Gasteiger partial charge in [0.2, 0.25) is 0 Å². The molecule has 0 bridgehead atoms. The molecule has 3 rings (SSSR count). The van der Waals surface area contributed by atoms with Crippen LogP contribution >= 0.6 is 0 Å². The van der Waals surface area contributed by atoms with Crippen molar-refractivity contribution in [1.29, 1.82) is 0 Å². The van der Waals surface area contributed by atoms with Crippen molar-refractivity contribution in [2.24, 2.45) is 0 Å². The molecular weight excluding hydrogens is 276 g/mol. The van der Waals surface area contributed by atoms with Crippen molar-refractivity contribution in [1.82, 2.24) is 0 Å². The van der Waals surface area contributed by atoms with Gasteiger partial charge in [0.25, 0.3) is 0 Å². The van der Waals surface area contributed by atoms with Crippen LogP contribution in [0.15, 0.2) is 79.4 Å². The van der Waals surface area contributed by atoms with Crippen LogP contribution in [0.4, 0.5) is 0 Å². The fourth-order valence-electron chi connectivity index (χ4n) is 2.56. The molecule has 0 spiro atoms. The summed E-state index contributed by atoms with van der Waals surface area (Å²) < 4.78 is 0. The predicted octanol–water partition coefficient (Wildman–Crippen LogP) is 6.48. The molecule has 0 atom stereocenters. The highest BCUT2D eigenvalue weighted by molar-refractivity contribution is 5.73. The van der Waals surface area contributed by atoms with E-state index in [1.165, 1.54) is 27.8 Å². The molecule has 0 saturated heterocycles. The highest BCUT2D eigenvalue weighted by Gasteiger charge is 1.97. The van der Waals surface area contributed by atoms with E-state index in [-0.39, 0.29) is 0 Å². The summed E-state index contributed by atoms with van der Waals surface area (Å²) in [5.41, 5.74) is 7.37. The average Bonchev–Trinajstić information content (AvgIpc) is 2.62. The molecule has 0 N–H and O–H groups in total. The van der Waals surface area contributed by atoms with Gasteiger partial charge in [-0.05, 0) is 40.3 Å². The molecule has 0 nitrogen and oxygen atoms in total. The van der Waals surface area contributed by atoms with E-state index >= 15 is 0 Å². The van der Waals surface area contributed by atoms with Gasteiger partial charge < -0.3 is 0 Å². The lowest BCUT2D eigenvalue weighted by molar-refractivity contribution is 1.45. The lowest BCUT2D eigenvalue weighted by atomic mass is 10.0. The zero-order chi connectivity index (χ0) is 16.1. The minimum Gasteiger partial charge on any atom is -0.0985 e. The van der Waals surface area contributed by atoms with E-state index in [1.807, 2.05) is 6.08 Å². The third-order valence-electron chi connectivity index (χ3n) is 4.03. The monoisotopic (exact) mass is 296 g/mol. The van der Waals surface area contributed by atoms with Gasteiger partial charge in [-0.3, -0.25) is 0 Å². The molecule has 0 unspecified atom stereocenters. The van der Waals surface area contributed by atoms with Crippen LogP contribution in [0.3, 0.4) is 0 Å². The molecule has 0 aliphatic heterocycles. The Morgan fingerprint density at radius 2 is 1.22 bits per heavy atom. The second-order valence-corrected chi connectivity index (χ2v) is 5.64. The largest absolute Gasteiger partial charge is 0.0985 e. The maximum absolute atomic E-state index is 3.79. The van der Waals surface area contributed by atoms with Crippen LogP contribution in [0.5, 0.6) is 0 Å². The Morgan fingerprint density at radius 1 is 0.652 bits per heavy atom. The van der Waals surface area contributed by atoms with E-state index in [4.69, 9.17) is 0 Å². The minimum atomic E-state index is 1.14. The normalized spacial score (nSPS) is 10.8. The highest BCUT2D eigenvalue weighted by Crippen LogP contribution is 2.21. The molecule has 0 radical (unpaired) electrons. The molecule has 3 aromatic rings. The van der Waals surface area contributed by atoms with Crippen molar-refractivity contribution in [3.63, 3.8) is 0 Å².